The highest BCUT2D eigenvalue weighted by atomic mass is 35.5. The number of hydrogen-bond donors (Lipinski definition) is 0. The van der Waals surface area contributed by atoms with E-state index in [9.17, 15) is 4.39 Å². The molecule has 0 saturated carbocycles. The molecule has 2 heterocycles. The Hall–Kier alpha value is -1.55. The van der Waals surface area contributed by atoms with Crippen molar-refractivity contribution in [1.82, 2.24) is 15.0 Å². The van der Waals surface area contributed by atoms with Crippen molar-refractivity contribution in [1.29, 1.82) is 0 Å². The predicted octanol–water partition coefficient (Wildman–Crippen LogP) is 2.33. The van der Waals surface area contributed by atoms with Gasteiger partial charge in [-0.3, -0.25) is 4.98 Å². The standard InChI is InChI=1S/C9H5ClFN3/c10-9-13-5-6(11)8(14-9)7-3-1-2-4-12-7/h1-5H. The molecule has 2 aromatic heterocycles. The van der Waals surface area contributed by atoms with Gasteiger partial charge in [0, 0.05) is 6.20 Å². The molecule has 0 aliphatic rings. The molecule has 0 atom stereocenters. The summed E-state index contributed by atoms with van der Waals surface area (Å²) >= 11 is 5.55. The molecule has 0 unspecified atom stereocenters. The van der Waals surface area contributed by atoms with Crippen LogP contribution in [0.15, 0.2) is 30.6 Å². The Bertz CT molecular complexity index is 447. The summed E-state index contributed by atoms with van der Waals surface area (Å²) in [6.07, 6.45) is 2.59. The van der Waals surface area contributed by atoms with E-state index in [2.05, 4.69) is 15.0 Å². The first-order valence-electron chi connectivity index (χ1n) is 3.87. The number of hydrogen-bond acceptors (Lipinski definition) is 3. The molecular formula is C9H5ClFN3. The molecule has 0 aliphatic carbocycles. The third kappa shape index (κ3) is 1.70. The quantitative estimate of drug-likeness (QED) is 0.677. The van der Waals surface area contributed by atoms with Crippen LogP contribution in [0.1, 0.15) is 0 Å². The minimum absolute atomic E-state index is 0.00653. The van der Waals surface area contributed by atoms with E-state index in [1.165, 1.54) is 0 Å². The second kappa shape index (κ2) is 3.67. The molecular weight excluding hydrogens is 205 g/mol. The number of nitrogens with zero attached hydrogens (tertiary/aromatic N) is 3. The van der Waals surface area contributed by atoms with Crippen molar-refractivity contribution in [3.63, 3.8) is 0 Å². The molecule has 70 valence electrons. The number of rotatable bonds is 1. The largest absolute Gasteiger partial charge is 0.255 e. The van der Waals surface area contributed by atoms with Crippen LogP contribution < -0.4 is 0 Å². The summed E-state index contributed by atoms with van der Waals surface area (Å²) in [4.78, 5) is 11.2. The van der Waals surface area contributed by atoms with Gasteiger partial charge >= 0.3 is 0 Å². The third-order valence-corrected chi connectivity index (χ3v) is 1.80. The number of halogens is 2. The molecule has 2 aromatic rings. The molecule has 0 aromatic carbocycles. The van der Waals surface area contributed by atoms with E-state index in [4.69, 9.17) is 11.6 Å². The molecule has 0 amide bonds. The molecule has 0 saturated heterocycles. The second-order valence-electron chi connectivity index (χ2n) is 2.55. The molecule has 0 radical (unpaired) electrons. The summed E-state index contributed by atoms with van der Waals surface area (Å²) < 4.78 is 13.2. The van der Waals surface area contributed by atoms with Crippen molar-refractivity contribution < 1.29 is 4.39 Å². The Labute approximate surface area is 84.6 Å². The molecule has 0 aliphatic heterocycles. The van der Waals surface area contributed by atoms with Crippen LogP contribution in [0.2, 0.25) is 5.28 Å². The second-order valence-corrected chi connectivity index (χ2v) is 2.89. The maximum Gasteiger partial charge on any atom is 0.223 e. The number of pyridine rings is 1. The van der Waals surface area contributed by atoms with E-state index < -0.39 is 5.82 Å². The Morgan fingerprint density at radius 3 is 2.79 bits per heavy atom. The van der Waals surface area contributed by atoms with E-state index in [1.54, 1.807) is 24.4 Å². The molecule has 0 N–H and O–H groups in total. The zero-order chi connectivity index (χ0) is 9.97. The van der Waals surface area contributed by atoms with E-state index in [0.717, 1.165) is 6.20 Å². The first-order chi connectivity index (χ1) is 6.77. The highest BCUT2D eigenvalue weighted by Crippen LogP contribution is 2.18. The fraction of sp³-hybridized carbons (Fsp3) is 0. The van der Waals surface area contributed by atoms with Gasteiger partial charge in [0.25, 0.3) is 0 Å². The van der Waals surface area contributed by atoms with E-state index in [0.29, 0.717) is 5.69 Å². The van der Waals surface area contributed by atoms with E-state index >= 15 is 0 Å². The lowest BCUT2D eigenvalue weighted by molar-refractivity contribution is 0.617. The smallest absolute Gasteiger partial charge is 0.223 e. The lowest BCUT2D eigenvalue weighted by Gasteiger charge is -2.00. The fourth-order valence-electron chi connectivity index (χ4n) is 1.03. The minimum atomic E-state index is -0.534. The minimum Gasteiger partial charge on any atom is -0.255 e. The van der Waals surface area contributed by atoms with Crippen molar-refractivity contribution in [2.45, 2.75) is 0 Å². The highest BCUT2D eigenvalue weighted by Gasteiger charge is 2.08. The van der Waals surface area contributed by atoms with Crippen LogP contribution in [-0.2, 0) is 0 Å². The summed E-state index contributed by atoms with van der Waals surface area (Å²) in [6.45, 7) is 0. The lowest BCUT2D eigenvalue weighted by Crippen LogP contribution is -1.93. The molecule has 14 heavy (non-hydrogen) atoms. The van der Waals surface area contributed by atoms with Gasteiger partial charge in [-0.2, -0.15) is 0 Å². The van der Waals surface area contributed by atoms with Crippen LogP contribution >= 0.6 is 11.6 Å². The van der Waals surface area contributed by atoms with Gasteiger partial charge in [-0.1, -0.05) is 6.07 Å². The van der Waals surface area contributed by atoms with Crippen LogP contribution in [0.4, 0.5) is 4.39 Å². The average molecular weight is 210 g/mol. The summed E-state index contributed by atoms with van der Waals surface area (Å²) in [5.74, 6) is -0.534. The molecule has 0 fully saturated rings. The average Bonchev–Trinajstić information content (AvgIpc) is 2.23. The first-order valence-corrected chi connectivity index (χ1v) is 4.24. The van der Waals surface area contributed by atoms with Crippen LogP contribution in [0.25, 0.3) is 11.4 Å². The fourth-order valence-corrected chi connectivity index (χ4v) is 1.16. The van der Waals surface area contributed by atoms with Crippen molar-refractivity contribution in [3.05, 3.63) is 41.7 Å². The van der Waals surface area contributed by atoms with Gasteiger partial charge in [0.05, 0.1) is 11.9 Å². The normalized spacial score (nSPS) is 10.1. The Kier molecular flexibility index (Phi) is 2.37. The van der Waals surface area contributed by atoms with Crippen LogP contribution in [0.3, 0.4) is 0 Å². The summed E-state index contributed by atoms with van der Waals surface area (Å²) in [6, 6.07) is 5.14. The van der Waals surface area contributed by atoms with Gasteiger partial charge in [-0.15, -0.1) is 0 Å². The van der Waals surface area contributed by atoms with Crippen LogP contribution in [0, 0.1) is 5.82 Å². The topological polar surface area (TPSA) is 38.7 Å². The van der Waals surface area contributed by atoms with E-state index in [1.807, 2.05) is 0 Å². The van der Waals surface area contributed by atoms with Gasteiger partial charge in [0.1, 0.15) is 5.69 Å². The highest BCUT2D eigenvalue weighted by molar-refractivity contribution is 6.28. The summed E-state index contributed by atoms with van der Waals surface area (Å²) in [7, 11) is 0. The van der Waals surface area contributed by atoms with Crippen molar-refractivity contribution in [3.8, 4) is 11.4 Å². The van der Waals surface area contributed by atoms with Gasteiger partial charge < -0.3 is 0 Å². The zero-order valence-corrected chi connectivity index (χ0v) is 7.74. The van der Waals surface area contributed by atoms with Crippen LogP contribution in [0.5, 0.6) is 0 Å². The predicted molar refractivity (Wildman–Crippen MR) is 50.2 cm³/mol. The van der Waals surface area contributed by atoms with Crippen molar-refractivity contribution in [2.75, 3.05) is 0 Å². The van der Waals surface area contributed by atoms with Gasteiger partial charge in [-0.05, 0) is 23.7 Å². The zero-order valence-electron chi connectivity index (χ0n) is 6.98. The van der Waals surface area contributed by atoms with Crippen molar-refractivity contribution in [2.24, 2.45) is 0 Å². The Morgan fingerprint density at radius 1 is 1.21 bits per heavy atom. The maximum atomic E-state index is 13.2. The number of aromatic nitrogens is 3. The van der Waals surface area contributed by atoms with Crippen LogP contribution in [-0.4, -0.2) is 15.0 Å². The van der Waals surface area contributed by atoms with Gasteiger partial charge in [-0.25, -0.2) is 14.4 Å². The van der Waals surface area contributed by atoms with Gasteiger partial charge in [0.2, 0.25) is 5.28 Å². The summed E-state index contributed by atoms with van der Waals surface area (Å²) in [5, 5.41) is 0.00653. The van der Waals surface area contributed by atoms with E-state index in [-0.39, 0.29) is 11.0 Å². The molecule has 2 rings (SSSR count). The molecule has 0 bridgehead atoms. The SMILES string of the molecule is Fc1cnc(Cl)nc1-c1ccccn1. The lowest BCUT2D eigenvalue weighted by atomic mass is 10.2. The molecule has 0 spiro atoms. The molecule has 3 nitrogen and oxygen atoms in total. The van der Waals surface area contributed by atoms with Crippen molar-refractivity contribution >= 4 is 11.6 Å². The first kappa shape index (κ1) is 9.02. The third-order valence-electron chi connectivity index (χ3n) is 1.62. The Morgan fingerprint density at radius 2 is 2.07 bits per heavy atom. The summed E-state index contributed by atoms with van der Waals surface area (Å²) in [5.41, 5.74) is 0.555. The van der Waals surface area contributed by atoms with Gasteiger partial charge in [0.15, 0.2) is 5.82 Å². The Balaban J connectivity index is 2.57. The maximum absolute atomic E-state index is 13.2. The monoisotopic (exact) mass is 209 g/mol. The molecule has 5 heteroatoms.